The lowest BCUT2D eigenvalue weighted by molar-refractivity contribution is -0.122. The fourth-order valence-electron chi connectivity index (χ4n) is 3.35. The molecule has 30 heavy (non-hydrogen) atoms. The van der Waals surface area contributed by atoms with E-state index in [4.69, 9.17) is 19.2 Å². The summed E-state index contributed by atoms with van der Waals surface area (Å²) in [6.45, 7) is 1.55. The van der Waals surface area contributed by atoms with Crippen LogP contribution in [0.5, 0.6) is 11.5 Å². The van der Waals surface area contributed by atoms with E-state index in [1.54, 1.807) is 35.2 Å². The largest absolute Gasteiger partial charge is 0.493 e. The van der Waals surface area contributed by atoms with Gasteiger partial charge in [-0.1, -0.05) is 0 Å². The van der Waals surface area contributed by atoms with E-state index in [0.717, 1.165) is 12.8 Å². The highest BCUT2D eigenvalue weighted by Crippen LogP contribution is 2.28. The molecule has 0 spiro atoms. The third kappa shape index (κ3) is 5.54. The normalized spacial score (nSPS) is 14.1. The Morgan fingerprint density at radius 2 is 2.07 bits per heavy atom. The Hall–Kier alpha value is -3.47. The Labute approximate surface area is 175 Å². The molecule has 2 heterocycles. The van der Waals surface area contributed by atoms with Crippen LogP contribution in [0.15, 0.2) is 41.0 Å². The van der Waals surface area contributed by atoms with E-state index >= 15 is 0 Å². The van der Waals surface area contributed by atoms with Gasteiger partial charge in [0.25, 0.3) is 5.91 Å². The molecule has 1 aromatic heterocycles. The Morgan fingerprint density at radius 1 is 1.27 bits per heavy atom. The molecule has 158 valence electrons. The van der Waals surface area contributed by atoms with Crippen molar-refractivity contribution in [1.82, 2.24) is 10.2 Å². The van der Waals surface area contributed by atoms with Gasteiger partial charge in [0.05, 0.1) is 31.6 Å². The van der Waals surface area contributed by atoms with Crippen molar-refractivity contribution < 1.29 is 23.5 Å². The molecule has 0 aliphatic carbocycles. The van der Waals surface area contributed by atoms with Gasteiger partial charge in [0.1, 0.15) is 0 Å². The van der Waals surface area contributed by atoms with Crippen LogP contribution in [-0.4, -0.2) is 49.6 Å². The first-order valence-corrected chi connectivity index (χ1v) is 9.94. The number of hydrogen-bond donors (Lipinski definition) is 1. The van der Waals surface area contributed by atoms with Crippen molar-refractivity contribution in [3.8, 4) is 17.6 Å². The molecule has 2 amide bonds. The molecule has 0 saturated carbocycles. The molecule has 8 heteroatoms. The number of nitrogens with one attached hydrogen (secondary N) is 1. The average molecular weight is 411 g/mol. The van der Waals surface area contributed by atoms with Crippen molar-refractivity contribution in [1.29, 1.82) is 5.26 Å². The summed E-state index contributed by atoms with van der Waals surface area (Å²) in [5.74, 6) is 1.25. The Morgan fingerprint density at radius 3 is 2.73 bits per heavy atom. The van der Waals surface area contributed by atoms with E-state index in [1.165, 1.54) is 13.4 Å². The quantitative estimate of drug-likeness (QED) is 0.670. The maximum absolute atomic E-state index is 12.3. The topological polar surface area (TPSA) is 105 Å². The summed E-state index contributed by atoms with van der Waals surface area (Å²) in [5, 5.41) is 12.0. The van der Waals surface area contributed by atoms with Crippen molar-refractivity contribution >= 4 is 11.8 Å². The van der Waals surface area contributed by atoms with E-state index in [0.29, 0.717) is 55.4 Å². The van der Waals surface area contributed by atoms with E-state index in [2.05, 4.69) is 11.4 Å². The fraction of sp³-hybridized carbons (Fsp3) is 0.409. The lowest BCUT2D eigenvalue weighted by Gasteiger charge is -2.31. The summed E-state index contributed by atoms with van der Waals surface area (Å²) in [7, 11) is 1.52. The molecule has 1 fully saturated rings. The van der Waals surface area contributed by atoms with Crippen molar-refractivity contribution in [2.24, 2.45) is 0 Å². The van der Waals surface area contributed by atoms with E-state index < -0.39 is 0 Å². The molecule has 1 saturated heterocycles. The van der Waals surface area contributed by atoms with Gasteiger partial charge in [-0.05, 0) is 43.5 Å². The third-order valence-corrected chi connectivity index (χ3v) is 4.98. The van der Waals surface area contributed by atoms with Crippen LogP contribution in [0.3, 0.4) is 0 Å². The number of hydrogen-bond acceptors (Lipinski definition) is 6. The van der Waals surface area contributed by atoms with Crippen LogP contribution in [0.4, 0.5) is 0 Å². The molecule has 1 aromatic carbocycles. The van der Waals surface area contributed by atoms with Crippen molar-refractivity contribution in [3.05, 3.63) is 47.9 Å². The van der Waals surface area contributed by atoms with Crippen molar-refractivity contribution in [2.75, 3.05) is 26.8 Å². The van der Waals surface area contributed by atoms with Crippen LogP contribution in [0.25, 0.3) is 0 Å². The van der Waals surface area contributed by atoms with E-state index in [1.807, 2.05) is 0 Å². The van der Waals surface area contributed by atoms with Gasteiger partial charge in [-0.25, -0.2) is 0 Å². The molecule has 0 radical (unpaired) electrons. The van der Waals surface area contributed by atoms with Gasteiger partial charge < -0.3 is 24.1 Å². The van der Waals surface area contributed by atoms with Gasteiger partial charge in [-0.2, -0.15) is 5.26 Å². The Balaban J connectivity index is 1.35. The molecule has 0 bridgehead atoms. The Kier molecular flexibility index (Phi) is 7.33. The van der Waals surface area contributed by atoms with Crippen LogP contribution < -0.4 is 14.8 Å². The predicted molar refractivity (Wildman–Crippen MR) is 108 cm³/mol. The monoisotopic (exact) mass is 411 g/mol. The van der Waals surface area contributed by atoms with Gasteiger partial charge in [0, 0.05) is 31.6 Å². The summed E-state index contributed by atoms with van der Waals surface area (Å²) in [4.78, 5) is 26.2. The minimum Gasteiger partial charge on any atom is -0.493 e. The number of rotatable bonds is 8. The molecule has 0 atom stereocenters. The number of methoxy groups -OCH3 is 1. The van der Waals surface area contributed by atoms with Crippen LogP contribution in [0, 0.1) is 11.3 Å². The highest BCUT2D eigenvalue weighted by molar-refractivity contribution is 5.91. The van der Waals surface area contributed by atoms with E-state index in [-0.39, 0.29) is 17.9 Å². The van der Waals surface area contributed by atoms with Gasteiger partial charge in [0.15, 0.2) is 17.3 Å². The first-order valence-electron chi connectivity index (χ1n) is 9.94. The van der Waals surface area contributed by atoms with Gasteiger partial charge in [-0.3, -0.25) is 9.59 Å². The lowest BCUT2D eigenvalue weighted by Crippen LogP contribution is -2.46. The van der Waals surface area contributed by atoms with Crippen LogP contribution in [0.1, 0.15) is 41.8 Å². The molecule has 1 N–H and O–H groups in total. The molecule has 0 unspecified atom stereocenters. The smallest absolute Gasteiger partial charge is 0.289 e. The first-order chi connectivity index (χ1) is 14.6. The maximum atomic E-state index is 12.3. The van der Waals surface area contributed by atoms with Gasteiger partial charge >= 0.3 is 0 Å². The number of likely N-dealkylation sites (tertiary alicyclic amines) is 1. The number of nitriles is 1. The number of nitrogens with zero attached hydrogens (tertiary/aromatic N) is 2. The van der Waals surface area contributed by atoms with Crippen LogP contribution >= 0.6 is 0 Å². The molecular weight excluding hydrogens is 386 g/mol. The summed E-state index contributed by atoms with van der Waals surface area (Å²) >= 11 is 0. The summed E-state index contributed by atoms with van der Waals surface area (Å²) in [6.07, 6.45) is 3.84. The molecule has 1 aliphatic heterocycles. The molecule has 1 aliphatic rings. The highest BCUT2D eigenvalue weighted by Gasteiger charge is 2.25. The molecular formula is C22H25N3O5. The minimum atomic E-state index is -0.111. The number of amides is 2. The number of benzene rings is 1. The van der Waals surface area contributed by atoms with Crippen molar-refractivity contribution in [2.45, 2.75) is 31.7 Å². The lowest BCUT2D eigenvalue weighted by atomic mass is 10.0. The summed E-state index contributed by atoms with van der Waals surface area (Å²) in [5.41, 5.74) is 0.496. The SMILES string of the molecule is COc1cc(C#N)ccc1OCCCC(=O)NC1CCN(C(=O)c2ccco2)CC1. The standard InChI is InChI=1S/C22H25N3O5/c1-28-20-14-16(15-23)6-7-18(20)29-13-3-5-21(26)24-17-8-10-25(11-9-17)22(27)19-4-2-12-30-19/h2,4,6-7,12,14,17H,3,5,8-11,13H2,1H3,(H,24,26). The number of piperidine rings is 1. The predicted octanol–water partition coefficient (Wildman–Crippen LogP) is 2.74. The second-order valence-corrected chi connectivity index (χ2v) is 7.04. The number of ether oxygens (including phenoxy) is 2. The van der Waals surface area contributed by atoms with Crippen molar-refractivity contribution in [3.63, 3.8) is 0 Å². The van der Waals surface area contributed by atoms with Crippen LogP contribution in [-0.2, 0) is 4.79 Å². The Bertz CT molecular complexity index is 896. The molecule has 8 nitrogen and oxygen atoms in total. The first kappa shape index (κ1) is 21.2. The zero-order valence-corrected chi connectivity index (χ0v) is 16.9. The fourth-order valence-corrected chi connectivity index (χ4v) is 3.35. The minimum absolute atomic E-state index is 0.0267. The molecule has 2 aromatic rings. The number of furan rings is 1. The summed E-state index contributed by atoms with van der Waals surface area (Å²) in [6, 6.07) is 10.4. The molecule has 3 rings (SSSR count). The zero-order valence-electron chi connectivity index (χ0n) is 16.9. The zero-order chi connectivity index (χ0) is 21.3. The number of carbonyl (C=O) groups is 2. The number of carbonyl (C=O) groups excluding carboxylic acids is 2. The second-order valence-electron chi connectivity index (χ2n) is 7.04. The second kappa shape index (κ2) is 10.3. The third-order valence-electron chi connectivity index (χ3n) is 4.98. The van der Waals surface area contributed by atoms with Gasteiger partial charge in [0.2, 0.25) is 5.91 Å². The highest BCUT2D eigenvalue weighted by atomic mass is 16.5. The maximum Gasteiger partial charge on any atom is 0.289 e. The van der Waals surface area contributed by atoms with Gasteiger partial charge in [-0.15, -0.1) is 0 Å². The van der Waals surface area contributed by atoms with Crippen LogP contribution in [0.2, 0.25) is 0 Å². The summed E-state index contributed by atoms with van der Waals surface area (Å²) < 4.78 is 16.1. The van der Waals surface area contributed by atoms with E-state index in [9.17, 15) is 9.59 Å². The average Bonchev–Trinajstić information content (AvgIpc) is 3.31.